The highest BCUT2D eigenvalue weighted by Gasteiger charge is 2.39. The van der Waals surface area contributed by atoms with Crippen molar-refractivity contribution in [1.82, 2.24) is 4.57 Å². The van der Waals surface area contributed by atoms with Crippen molar-refractivity contribution in [2.24, 2.45) is 5.73 Å². The third-order valence-electron chi connectivity index (χ3n) is 5.28. The minimum atomic E-state index is -0.847. The first-order chi connectivity index (χ1) is 16.0. The number of methoxy groups -OCH3 is 1. The number of ether oxygens (including phenoxy) is 2. The van der Waals surface area contributed by atoms with E-state index in [4.69, 9.17) is 15.2 Å². The summed E-state index contributed by atoms with van der Waals surface area (Å²) in [6.45, 7) is 1.79. The van der Waals surface area contributed by atoms with Gasteiger partial charge in [0, 0.05) is 0 Å². The van der Waals surface area contributed by atoms with E-state index in [0.29, 0.717) is 14.8 Å². The van der Waals surface area contributed by atoms with Gasteiger partial charge in [0.2, 0.25) is 0 Å². The number of fused-ring (bicyclic) bond motifs is 1. The number of hydrogen-bond acceptors (Lipinski definition) is 7. The van der Waals surface area contributed by atoms with Gasteiger partial charge in [0.25, 0.3) is 5.56 Å². The van der Waals surface area contributed by atoms with Crippen LogP contribution in [-0.4, -0.2) is 30.2 Å². The molecule has 1 atom stereocenters. The molecule has 2 aromatic carbocycles. The van der Waals surface area contributed by atoms with Crippen LogP contribution in [-0.2, 0) is 19.1 Å². The first-order valence-electron chi connectivity index (χ1n) is 10.3. The summed E-state index contributed by atoms with van der Waals surface area (Å²) in [6.07, 6.45) is 1.72. The number of rotatable bonds is 5. The predicted molar refractivity (Wildman–Crippen MR) is 126 cm³/mol. The minimum Gasteiger partial charge on any atom is -0.466 e. The first-order valence-corrected chi connectivity index (χ1v) is 11.1. The lowest BCUT2D eigenvalue weighted by molar-refractivity contribution is -0.138. The van der Waals surface area contributed by atoms with Crippen molar-refractivity contribution in [3.05, 3.63) is 96.9 Å². The molecule has 0 saturated carbocycles. The van der Waals surface area contributed by atoms with Crippen molar-refractivity contribution in [2.45, 2.75) is 12.8 Å². The molecule has 1 aliphatic rings. The molecule has 0 spiro atoms. The first kappa shape index (κ1) is 22.3. The lowest BCUT2D eigenvalue weighted by Crippen LogP contribution is -2.41. The highest BCUT2D eigenvalue weighted by molar-refractivity contribution is 7.07. The highest BCUT2D eigenvalue weighted by atomic mass is 32.1. The number of aromatic nitrogens is 1. The van der Waals surface area contributed by atoms with Crippen molar-refractivity contribution in [2.75, 3.05) is 13.7 Å². The molecule has 0 amide bonds. The van der Waals surface area contributed by atoms with E-state index >= 15 is 0 Å². The Hall–Kier alpha value is -3.91. The molecular weight excluding hydrogens is 440 g/mol. The molecule has 7 nitrogen and oxygen atoms in total. The van der Waals surface area contributed by atoms with Gasteiger partial charge in [0.15, 0.2) is 0 Å². The summed E-state index contributed by atoms with van der Waals surface area (Å²) in [7, 11) is 1.26. The third-order valence-corrected chi connectivity index (χ3v) is 6.39. The van der Waals surface area contributed by atoms with Crippen LogP contribution in [0.4, 0.5) is 0 Å². The molecule has 0 fully saturated rings. The van der Waals surface area contributed by atoms with Gasteiger partial charge < -0.3 is 15.2 Å². The zero-order chi connectivity index (χ0) is 23.5. The average molecular weight is 463 g/mol. The number of thiazole rings is 1. The Morgan fingerprint density at radius 2 is 1.67 bits per heavy atom. The Morgan fingerprint density at radius 1 is 1.03 bits per heavy atom. The van der Waals surface area contributed by atoms with Gasteiger partial charge in [-0.3, -0.25) is 9.36 Å². The Labute approximate surface area is 193 Å². The van der Waals surface area contributed by atoms with E-state index in [-0.39, 0.29) is 23.6 Å². The summed E-state index contributed by atoms with van der Waals surface area (Å²) in [6, 6.07) is 18.3. The normalized spacial score (nSPS) is 15.9. The maximum Gasteiger partial charge on any atom is 0.338 e. The summed E-state index contributed by atoms with van der Waals surface area (Å²) in [5, 5.41) is 0. The number of esters is 2. The molecule has 8 heteroatoms. The van der Waals surface area contributed by atoms with Crippen LogP contribution in [0, 0.1) is 0 Å². The maximum absolute atomic E-state index is 13.4. The van der Waals surface area contributed by atoms with Crippen LogP contribution in [0.15, 0.2) is 71.0 Å². The van der Waals surface area contributed by atoms with Crippen LogP contribution in [0.3, 0.4) is 0 Å². The smallest absolute Gasteiger partial charge is 0.338 e. The molecule has 0 saturated heterocycles. The van der Waals surface area contributed by atoms with Gasteiger partial charge in [-0.25, -0.2) is 9.59 Å². The number of benzene rings is 2. The van der Waals surface area contributed by atoms with Gasteiger partial charge >= 0.3 is 11.9 Å². The summed E-state index contributed by atoms with van der Waals surface area (Å²) in [4.78, 5) is 39.4. The van der Waals surface area contributed by atoms with Crippen LogP contribution in [0.5, 0.6) is 0 Å². The molecule has 0 aliphatic carbocycles. The van der Waals surface area contributed by atoms with E-state index in [1.165, 1.54) is 11.7 Å². The number of carbonyl (C=O) groups is 2. The molecular formula is C25H22N2O5S. The van der Waals surface area contributed by atoms with Gasteiger partial charge in [-0.15, -0.1) is 11.3 Å². The second-order valence-corrected chi connectivity index (χ2v) is 8.27. The molecule has 4 rings (SSSR count). The van der Waals surface area contributed by atoms with E-state index in [0.717, 1.165) is 16.9 Å². The molecule has 0 bridgehead atoms. The van der Waals surface area contributed by atoms with E-state index in [1.54, 1.807) is 37.3 Å². The largest absolute Gasteiger partial charge is 0.466 e. The topological polar surface area (TPSA) is 101 Å². The fourth-order valence-electron chi connectivity index (χ4n) is 3.84. The molecule has 1 aromatic heterocycles. The van der Waals surface area contributed by atoms with E-state index in [2.05, 4.69) is 0 Å². The summed E-state index contributed by atoms with van der Waals surface area (Å²) >= 11 is 1.13. The SMILES string of the molecule is CCOC(=O)C1=C(N)n2c(sc(=Cc3ccccc3)c2=O)=C(C(=O)OC)C1c1ccccc1. The van der Waals surface area contributed by atoms with Crippen LogP contribution in [0.1, 0.15) is 24.0 Å². The van der Waals surface area contributed by atoms with Crippen LogP contribution in [0.2, 0.25) is 0 Å². The molecule has 1 unspecified atom stereocenters. The van der Waals surface area contributed by atoms with Crippen LogP contribution < -0.4 is 20.5 Å². The minimum absolute atomic E-state index is 0.0297. The van der Waals surface area contributed by atoms with E-state index in [9.17, 15) is 14.4 Å². The van der Waals surface area contributed by atoms with Crippen molar-refractivity contribution >= 4 is 40.7 Å². The number of carbonyl (C=O) groups excluding carboxylic acids is 2. The fraction of sp³-hybridized carbons (Fsp3) is 0.160. The fourth-order valence-corrected chi connectivity index (χ4v) is 5.01. The number of nitrogens with zero attached hydrogens (tertiary/aromatic N) is 1. The number of hydrogen-bond donors (Lipinski definition) is 1. The van der Waals surface area contributed by atoms with Crippen molar-refractivity contribution in [3.63, 3.8) is 0 Å². The van der Waals surface area contributed by atoms with Crippen LogP contribution >= 0.6 is 11.3 Å². The molecule has 3 aromatic rings. The van der Waals surface area contributed by atoms with Crippen LogP contribution in [0.25, 0.3) is 17.5 Å². The summed E-state index contributed by atoms with van der Waals surface area (Å²) < 4.78 is 12.2. The van der Waals surface area contributed by atoms with Crippen molar-refractivity contribution in [1.29, 1.82) is 0 Å². The van der Waals surface area contributed by atoms with Crippen molar-refractivity contribution < 1.29 is 19.1 Å². The van der Waals surface area contributed by atoms with E-state index in [1.807, 2.05) is 36.4 Å². The monoisotopic (exact) mass is 462 g/mol. The lowest BCUT2D eigenvalue weighted by atomic mass is 9.83. The molecule has 0 radical (unpaired) electrons. The average Bonchev–Trinajstić information content (AvgIpc) is 3.15. The van der Waals surface area contributed by atoms with Gasteiger partial charge in [0.05, 0.1) is 35.3 Å². The Kier molecular flexibility index (Phi) is 6.28. The highest BCUT2D eigenvalue weighted by Crippen LogP contribution is 2.37. The van der Waals surface area contributed by atoms with Crippen molar-refractivity contribution in [3.8, 4) is 0 Å². The standard InChI is InChI=1S/C25H22N2O5S/c1-3-32-25(30)19-18(16-12-8-5-9-13-16)20(24(29)31-2)23-27(21(19)26)22(28)17(33-23)14-15-10-6-4-7-11-15/h4-14,18H,3,26H2,1-2H3. The lowest BCUT2D eigenvalue weighted by Gasteiger charge is -2.26. The predicted octanol–water partition coefficient (Wildman–Crippen LogP) is 1.55. The molecule has 1 aliphatic heterocycles. The molecule has 33 heavy (non-hydrogen) atoms. The van der Waals surface area contributed by atoms with Gasteiger partial charge in [0.1, 0.15) is 10.5 Å². The van der Waals surface area contributed by atoms with Gasteiger partial charge in [-0.1, -0.05) is 60.7 Å². The third kappa shape index (κ3) is 4.01. The molecule has 168 valence electrons. The van der Waals surface area contributed by atoms with Gasteiger partial charge in [-0.2, -0.15) is 0 Å². The second kappa shape index (κ2) is 9.30. The second-order valence-electron chi connectivity index (χ2n) is 7.24. The quantitative estimate of drug-likeness (QED) is 0.578. The Bertz CT molecular complexity index is 1420. The molecule has 2 heterocycles. The summed E-state index contributed by atoms with van der Waals surface area (Å²) in [5.41, 5.74) is 7.68. The maximum atomic E-state index is 13.4. The van der Waals surface area contributed by atoms with Gasteiger partial charge in [-0.05, 0) is 24.1 Å². The molecule has 2 N–H and O–H groups in total. The van der Waals surface area contributed by atoms with E-state index < -0.39 is 23.4 Å². The number of nitrogens with two attached hydrogens (primary N) is 1. The Morgan fingerprint density at radius 3 is 2.27 bits per heavy atom. The summed E-state index contributed by atoms with van der Waals surface area (Å²) in [5.74, 6) is -2.25. The Balaban J connectivity index is 2.12. The zero-order valence-electron chi connectivity index (χ0n) is 18.1. The zero-order valence-corrected chi connectivity index (χ0v) is 18.9.